The minimum absolute atomic E-state index is 0.0230. The van der Waals surface area contributed by atoms with Crippen molar-refractivity contribution in [2.75, 3.05) is 44.6 Å². The van der Waals surface area contributed by atoms with Crippen LogP contribution in [0.2, 0.25) is 0 Å². The van der Waals surface area contributed by atoms with Gasteiger partial charge in [0.25, 0.3) is 0 Å². The van der Waals surface area contributed by atoms with Gasteiger partial charge in [-0.15, -0.1) is 0 Å². The molecule has 0 saturated carbocycles. The average Bonchev–Trinajstić information content (AvgIpc) is 3.15. The van der Waals surface area contributed by atoms with E-state index in [2.05, 4.69) is 15.6 Å². The van der Waals surface area contributed by atoms with Crippen LogP contribution in [0, 0.1) is 0 Å². The molecule has 12 nitrogen and oxygen atoms in total. The third-order valence-corrected chi connectivity index (χ3v) is 5.76. The van der Waals surface area contributed by atoms with Crippen molar-refractivity contribution in [1.82, 2.24) is 14.9 Å². The van der Waals surface area contributed by atoms with Crippen LogP contribution in [0.3, 0.4) is 0 Å². The van der Waals surface area contributed by atoms with Crippen molar-refractivity contribution in [2.24, 2.45) is 0 Å². The van der Waals surface area contributed by atoms with Crippen LogP contribution < -0.4 is 16.3 Å². The maximum atomic E-state index is 12.3. The lowest BCUT2D eigenvalue weighted by atomic mass is 10.1. The number of nitrogens with zero attached hydrogens (tertiary/aromatic N) is 2. The van der Waals surface area contributed by atoms with E-state index in [1.165, 1.54) is 12.3 Å². The molecule has 2 heterocycles. The van der Waals surface area contributed by atoms with Gasteiger partial charge in [-0.1, -0.05) is 11.8 Å². The number of hydrogen-bond donors (Lipinski definition) is 4. The SMILES string of the molecule is [2H]C[C@H]1O[C@@H](n2ccc(NCCOCCOCCCC(=O)CCC(=O)NCP=S)nc2=O)[C@@H](O)C1O. The molecule has 0 aliphatic carbocycles. The zero-order valence-corrected chi connectivity index (χ0v) is 21.0. The van der Waals surface area contributed by atoms with Crippen molar-refractivity contribution in [1.29, 1.82) is 0 Å². The quantitative estimate of drug-likeness (QED) is 0.157. The van der Waals surface area contributed by atoms with Gasteiger partial charge in [0.2, 0.25) is 5.91 Å². The number of aliphatic hydroxyl groups excluding tert-OH is 2. The first-order valence-electron chi connectivity index (χ1n) is 11.9. The number of Topliss-reactive ketones (excluding diaryl/α,β-unsaturated/α-hetero) is 1. The summed E-state index contributed by atoms with van der Waals surface area (Å²) in [6.45, 7) is 1.67. The fourth-order valence-corrected chi connectivity index (χ4v) is 3.63. The average molecular weight is 534 g/mol. The largest absolute Gasteiger partial charge is 0.388 e. The normalized spacial score (nSPS) is 22.2. The highest BCUT2D eigenvalue weighted by Crippen LogP contribution is 2.27. The van der Waals surface area contributed by atoms with Crippen LogP contribution in [0.5, 0.6) is 0 Å². The Morgan fingerprint density at radius 1 is 1.23 bits per heavy atom. The predicted molar refractivity (Wildman–Crippen MR) is 131 cm³/mol. The molecule has 0 bridgehead atoms. The molecule has 0 spiro atoms. The van der Waals surface area contributed by atoms with Crippen molar-refractivity contribution in [2.45, 2.75) is 57.1 Å². The van der Waals surface area contributed by atoms with Crippen molar-refractivity contribution < 1.29 is 35.4 Å². The third-order valence-electron chi connectivity index (χ3n) is 5.08. The van der Waals surface area contributed by atoms with Crippen LogP contribution in [0.1, 0.15) is 40.2 Å². The van der Waals surface area contributed by atoms with Gasteiger partial charge in [0.15, 0.2) is 6.23 Å². The molecule has 196 valence electrons. The number of aromatic nitrogens is 2. The highest BCUT2D eigenvalue weighted by Gasteiger charge is 2.41. The minimum Gasteiger partial charge on any atom is -0.388 e. The standard InChI is InChI=1S/C21H33N4O8PS/c1-14-18(28)19(29)20(33-14)25-8-6-16(24-21(25)30)22-7-10-32-12-11-31-9-2-3-15(26)4-5-17(27)23-13-34-35/h6,8,14,18-20,28-29H,2-5,7,9-13H2,1H3,(H,23,27)(H,22,24,30)/t14-,18?,19+,20-/m1/s1/i1D. The first-order valence-corrected chi connectivity index (χ1v) is 13.3. The minimum atomic E-state index is -1.32. The molecule has 1 fully saturated rings. The number of ketones is 1. The molecule has 4 N–H and O–H groups in total. The molecule has 4 atom stereocenters. The summed E-state index contributed by atoms with van der Waals surface area (Å²) in [5.74, 6) is 0.181. The van der Waals surface area contributed by atoms with E-state index in [9.17, 15) is 24.6 Å². The molecule has 1 aromatic rings. The number of ether oxygens (including phenoxy) is 3. The molecule has 1 aliphatic heterocycles. The molecule has 0 aromatic carbocycles. The third kappa shape index (κ3) is 10.3. The van der Waals surface area contributed by atoms with E-state index in [1.54, 1.807) is 0 Å². The molecule has 1 unspecified atom stereocenters. The lowest BCUT2D eigenvalue weighted by Gasteiger charge is -2.17. The van der Waals surface area contributed by atoms with E-state index in [-0.39, 0.29) is 31.4 Å². The zero-order chi connectivity index (χ0) is 26.3. The number of hydrogen-bond acceptors (Lipinski definition) is 11. The molecule has 0 radical (unpaired) electrons. The summed E-state index contributed by atoms with van der Waals surface area (Å²) in [5, 5.41) is 25.5. The fraction of sp³-hybridized carbons (Fsp3) is 0.714. The smallest absolute Gasteiger partial charge is 0.351 e. The van der Waals surface area contributed by atoms with Gasteiger partial charge in [-0.25, -0.2) is 4.79 Å². The Bertz CT molecular complexity index is 911. The molecule has 14 heteroatoms. The second kappa shape index (κ2) is 16.0. The van der Waals surface area contributed by atoms with E-state index in [0.29, 0.717) is 65.3 Å². The van der Waals surface area contributed by atoms with Crippen LogP contribution in [0.15, 0.2) is 17.1 Å². The number of rotatable bonds is 17. The molecular weight excluding hydrogens is 499 g/mol. The summed E-state index contributed by atoms with van der Waals surface area (Å²) in [7, 11) is 0.667. The van der Waals surface area contributed by atoms with Gasteiger partial charge >= 0.3 is 5.69 Å². The van der Waals surface area contributed by atoms with Gasteiger partial charge in [0.05, 0.1) is 32.2 Å². The first-order chi connectivity index (χ1) is 17.4. The molecule has 1 aliphatic rings. The Morgan fingerprint density at radius 2 is 2.00 bits per heavy atom. The van der Waals surface area contributed by atoms with Crippen LogP contribution in [0.4, 0.5) is 5.82 Å². The number of carbonyl (C=O) groups is 2. The molecule has 1 saturated heterocycles. The van der Waals surface area contributed by atoms with Gasteiger partial charge in [-0.3, -0.25) is 14.2 Å². The summed E-state index contributed by atoms with van der Waals surface area (Å²) in [5.41, 5.74) is -0.662. The first kappa shape index (κ1) is 27.7. The topological polar surface area (TPSA) is 161 Å². The maximum Gasteiger partial charge on any atom is 0.351 e. The van der Waals surface area contributed by atoms with Crippen LogP contribution in [-0.2, 0) is 35.6 Å². The summed E-state index contributed by atoms with van der Waals surface area (Å²) < 4.78 is 24.7. The zero-order valence-electron chi connectivity index (χ0n) is 20.3. The molecule has 1 aromatic heterocycles. The summed E-state index contributed by atoms with van der Waals surface area (Å²) in [6, 6.07) is 1.54. The molecule has 2 rings (SSSR count). The lowest BCUT2D eigenvalue weighted by molar-refractivity contribution is -0.125. The van der Waals surface area contributed by atoms with E-state index in [1.807, 2.05) is 0 Å². The van der Waals surface area contributed by atoms with Gasteiger partial charge < -0.3 is 35.1 Å². The monoisotopic (exact) mass is 533 g/mol. The van der Waals surface area contributed by atoms with Crippen molar-refractivity contribution in [3.63, 3.8) is 0 Å². The number of amides is 1. The second-order valence-electron chi connectivity index (χ2n) is 7.73. The number of nitrogens with one attached hydrogen (secondary N) is 2. The summed E-state index contributed by atoms with van der Waals surface area (Å²) in [4.78, 5) is 39.4. The highest BCUT2D eigenvalue weighted by molar-refractivity contribution is 7.96. The predicted octanol–water partition coefficient (Wildman–Crippen LogP) is -0.0612. The Kier molecular flexibility index (Phi) is 12.7. The lowest BCUT2D eigenvalue weighted by Crippen LogP contribution is -2.35. The van der Waals surface area contributed by atoms with Crippen LogP contribution in [0.25, 0.3) is 0 Å². The van der Waals surface area contributed by atoms with Crippen molar-refractivity contribution >= 4 is 36.7 Å². The van der Waals surface area contributed by atoms with Gasteiger partial charge in [-0.2, -0.15) is 4.98 Å². The Hall–Kier alpha value is -1.86. The van der Waals surface area contributed by atoms with Gasteiger partial charge in [-0.05, 0) is 26.7 Å². The summed E-state index contributed by atoms with van der Waals surface area (Å²) >= 11 is 4.71. The molecule has 35 heavy (non-hydrogen) atoms. The number of carbonyl (C=O) groups excluding carboxylic acids is 2. The number of aliphatic hydroxyl groups is 2. The van der Waals surface area contributed by atoms with Crippen LogP contribution >= 0.6 is 7.36 Å². The Labute approximate surface area is 211 Å². The van der Waals surface area contributed by atoms with Gasteiger partial charge in [0, 0.05) is 40.0 Å². The van der Waals surface area contributed by atoms with Crippen molar-refractivity contribution in [3.05, 3.63) is 22.7 Å². The molecule has 1 amide bonds. The van der Waals surface area contributed by atoms with Gasteiger partial charge in [0.1, 0.15) is 23.8 Å². The maximum absolute atomic E-state index is 12.3. The molecular formula is C21H33N4O8PS. The second-order valence-corrected chi connectivity index (χ2v) is 9.08. The highest BCUT2D eigenvalue weighted by atomic mass is 32.4. The van der Waals surface area contributed by atoms with Crippen LogP contribution in [-0.4, -0.2) is 89.0 Å². The van der Waals surface area contributed by atoms with E-state index >= 15 is 0 Å². The number of anilines is 1. The fourth-order valence-electron chi connectivity index (χ4n) is 3.20. The van der Waals surface area contributed by atoms with Crippen molar-refractivity contribution in [3.8, 4) is 0 Å². The Morgan fingerprint density at radius 3 is 2.69 bits per heavy atom. The van der Waals surface area contributed by atoms with E-state index in [0.717, 1.165) is 4.57 Å². The Balaban J connectivity index is 1.52. The van der Waals surface area contributed by atoms with E-state index in [4.69, 9.17) is 27.4 Å². The van der Waals surface area contributed by atoms with E-state index < -0.39 is 30.2 Å². The summed E-state index contributed by atoms with van der Waals surface area (Å²) in [6.07, 6.45) is -1.38.